The lowest BCUT2D eigenvalue weighted by atomic mass is 10.1. The molecule has 1 aliphatic rings. The zero-order valence-electron chi connectivity index (χ0n) is 11.3. The predicted octanol–water partition coefficient (Wildman–Crippen LogP) is 2.42. The molecule has 1 atom stereocenters. The minimum Gasteiger partial charge on any atom is -0.398 e. The molecule has 0 spiro atoms. The number of aliphatic hydroxyl groups is 1. The molecule has 1 fully saturated rings. The van der Waals surface area contributed by atoms with Crippen LogP contribution in [0.15, 0.2) is 24.3 Å². The summed E-state index contributed by atoms with van der Waals surface area (Å²) >= 11 is 0. The van der Waals surface area contributed by atoms with Crippen LogP contribution in [0.2, 0.25) is 0 Å². The predicted molar refractivity (Wildman–Crippen MR) is 75.2 cm³/mol. The molecular weight excluding hydrogens is 224 g/mol. The second-order valence-electron chi connectivity index (χ2n) is 5.72. The molecule has 0 amide bonds. The van der Waals surface area contributed by atoms with Gasteiger partial charge in [0.05, 0.1) is 6.10 Å². The van der Waals surface area contributed by atoms with E-state index < -0.39 is 6.10 Å². The zero-order valence-corrected chi connectivity index (χ0v) is 11.3. The van der Waals surface area contributed by atoms with Crippen LogP contribution in [-0.4, -0.2) is 29.1 Å². The highest BCUT2D eigenvalue weighted by Crippen LogP contribution is 2.30. The molecule has 0 heterocycles. The molecule has 0 aliphatic heterocycles. The Bertz CT molecular complexity index is 388. The third kappa shape index (κ3) is 3.47. The number of para-hydroxylation sites is 1. The van der Waals surface area contributed by atoms with Crippen LogP contribution in [-0.2, 0) is 0 Å². The highest BCUT2D eigenvalue weighted by Gasteiger charge is 2.30. The van der Waals surface area contributed by atoms with Gasteiger partial charge in [-0.25, -0.2) is 0 Å². The van der Waals surface area contributed by atoms with Crippen molar-refractivity contribution in [1.82, 2.24) is 4.90 Å². The normalized spacial score (nSPS) is 17.4. The molecule has 1 aliphatic carbocycles. The number of nitrogen functional groups attached to an aromatic ring is 1. The molecule has 3 heteroatoms. The second-order valence-corrected chi connectivity index (χ2v) is 5.72. The van der Waals surface area contributed by atoms with Gasteiger partial charge in [0.2, 0.25) is 0 Å². The van der Waals surface area contributed by atoms with Crippen LogP contribution >= 0.6 is 0 Å². The summed E-state index contributed by atoms with van der Waals surface area (Å²) in [6, 6.07) is 8.27. The Kier molecular flexibility index (Phi) is 4.25. The highest BCUT2D eigenvalue weighted by atomic mass is 16.3. The fourth-order valence-electron chi connectivity index (χ4n) is 2.42. The lowest BCUT2D eigenvalue weighted by Gasteiger charge is -2.27. The van der Waals surface area contributed by atoms with Crippen LogP contribution in [0.25, 0.3) is 0 Å². The fourth-order valence-corrected chi connectivity index (χ4v) is 2.42. The molecule has 100 valence electrons. The number of hydrogen-bond acceptors (Lipinski definition) is 3. The van der Waals surface area contributed by atoms with E-state index in [1.807, 2.05) is 24.3 Å². The largest absolute Gasteiger partial charge is 0.398 e. The van der Waals surface area contributed by atoms with Crippen molar-refractivity contribution in [2.75, 3.05) is 18.8 Å². The topological polar surface area (TPSA) is 49.5 Å². The SMILES string of the molecule is CC(C)CN(CC(O)c1ccccc1N)C1CC1. The molecule has 3 N–H and O–H groups in total. The zero-order chi connectivity index (χ0) is 13.1. The molecule has 2 rings (SSSR count). The quantitative estimate of drug-likeness (QED) is 0.760. The third-order valence-electron chi connectivity index (χ3n) is 3.43. The van der Waals surface area contributed by atoms with Gasteiger partial charge in [0.15, 0.2) is 0 Å². The first-order valence-corrected chi connectivity index (χ1v) is 6.84. The van der Waals surface area contributed by atoms with Gasteiger partial charge in [0, 0.05) is 30.4 Å². The maximum atomic E-state index is 10.3. The van der Waals surface area contributed by atoms with E-state index in [2.05, 4.69) is 18.7 Å². The first-order chi connectivity index (χ1) is 8.58. The van der Waals surface area contributed by atoms with Gasteiger partial charge >= 0.3 is 0 Å². The number of anilines is 1. The van der Waals surface area contributed by atoms with Gasteiger partial charge < -0.3 is 10.8 Å². The first-order valence-electron chi connectivity index (χ1n) is 6.84. The molecule has 0 aromatic heterocycles. The number of nitrogens with zero attached hydrogens (tertiary/aromatic N) is 1. The molecule has 1 unspecified atom stereocenters. The van der Waals surface area contributed by atoms with E-state index in [4.69, 9.17) is 5.73 Å². The average molecular weight is 248 g/mol. The summed E-state index contributed by atoms with van der Waals surface area (Å²) in [5, 5.41) is 10.3. The molecule has 0 saturated heterocycles. The minimum absolute atomic E-state index is 0.481. The first kappa shape index (κ1) is 13.4. The summed E-state index contributed by atoms with van der Waals surface area (Å²) in [6.07, 6.45) is 2.05. The highest BCUT2D eigenvalue weighted by molar-refractivity contribution is 5.47. The standard InChI is InChI=1S/C15H24N2O/c1-11(2)9-17(12-7-8-12)10-15(18)13-5-3-4-6-14(13)16/h3-6,11-12,15,18H,7-10,16H2,1-2H3. The van der Waals surface area contributed by atoms with E-state index in [1.54, 1.807) is 0 Å². The smallest absolute Gasteiger partial charge is 0.0936 e. The van der Waals surface area contributed by atoms with Crippen LogP contribution in [0, 0.1) is 5.92 Å². The lowest BCUT2D eigenvalue weighted by molar-refractivity contribution is 0.102. The van der Waals surface area contributed by atoms with Crippen molar-refractivity contribution in [3.05, 3.63) is 29.8 Å². The van der Waals surface area contributed by atoms with Gasteiger partial charge in [-0.1, -0.05) is 32.0 Å². The maximum Gasteiger partial charge on any atom is 0.0936 e. The Hall–Kier alpha value is -1.06. The molecule has 1 aromatic rings. The summed E-state index contributed by atoms with van der Waals surface area (Å²) in [5.74, 6) is 0.630. The van der Waals surface area contributed by atoms with Crippen LogP contribution in [0.4, 0.5) is 5.69 Å². The number of rotatable bonds is 6. The van der Waals surface area contributed by atoms with Gasteiger partial charge in [0.25, 0.3) is 0 Å². The van der Waals surface area contributed by atoms with E-state index in [0.29, 0.717) is 24.2 Å². The Morgan fingerprint density at radius 1 is 1.28 bits per heavy atom. The van der Waals surface area contributed by atoms with Crippen molar-refractivity contribution in [2.45, 2.75) is 38.8 Å². The summed E-state index contributed by atoms with van der Waals surface area (Å²) < 4.78 is 0. The van der Waals surface area contributed by atoms with Gasteiger partial charge in [-0.05, 0) is 24.8 Å². The van der Waals surface area contributed by atoms with E-state index in [0.717, 1.165) is 12.1 Å². The molecule has 1 aromatic carbocycles. The number of nitrogens with two attached hydrogens (primary N) is 1. The molecular formula is C15H24N2O. The van der Waals surface area contributed by atoms with Crippen LogP contribution in [0.3, 0.4) is 0 Å². The fraction of sp³-hybridized carbons (Fsp3) is 0.600. The molecule has 0 bridgehead atoms. The van der Waals surface area contributed by atoms with Crippen molar-refractivity contribution in [3.63, 3.8) is 0 Å². The molecule has 1 saturated carbocycles. The second kappa shape index (κ2) is 5.72. The number of aliphatic hydroxyl groups excluding tert-OH is 1. The maximum absolute atomic E-state index is 10.3. The number of benzene rings is 1. The van der Waals surface area contributed by atoms with Gasteiger partial charge in [-0.15, -0.1) is 0 Å². The Labute approximate surface area is 110 Å². The van der Waals surface area contributed by atoms with Crippen molar-refractivity contribution in [2.24, 2.45) is 5.92 Å². The van der Waals surface area contributed by atoms with E-state index >= 15 is 0 Å². The summed E-state index contributed by atoms with van der Waals surface area (Å²) in [4.78, 5) is 2.40. The lowest BCUT2D eigenvalue weighted by Crippen LogP contribution is -2.34. The van der Waals surface area contributed by atoms with E-state index in [-0.39, 0.29) is 0 Å². The van der Waals surface area contributed by atoms with Crippen molar-refractivity contribution in [3.8, 4) is 0 Å². The summed E-state index contributed by atoms with van der Waals surface area (Å²) in [6.45, 7) is 6.18. The van der Waals surface area contributed by atoms with Crippen molar-refractivity contribution >= 4 is 5.69 Å². The van der Waals surface area contributed by atoms with Gasteiger partial charge in [-0.2, -0.15) is 0 Å². The Morgan fingerprint density at radius 2 is 1.94 bits per heavy atom. The van der Waals surface area contributed by atoms with Gasteiger partial charge in [-0.3, -0.25) is 4.90 Å². The Balaban J connectivity index is 2.00. The van der Waals surface area contributed by atoms with E-state index in [9.17, 15) is 5.11 Å². The van der Waals surface area contributed by atoms with Crippen molar-refractivity contribution in [1.29, 1.82) is 0 Å². The molecule has 3 nitrogen and oxygen atoms in total. The average Bonchev–Trinajstić information content (AvgIpc) is 3.11. The number of hydrogen-bond donors (Lipinski definition) is 2. The monoisotopic (exact) mass is 248 g/mol. The van der Waals surface area contributed by atoms with Crippen LogP contribution < -0.4 is 5.73 Å². The summed E-state index contributed by atoms with van der Waals surface area (Å²) in [5.41, 5.74) is 7.45. The Morgan fingerprint density at radius 3 is 2.50 bits per heavy atom. The van der Waals surface area contributed by atoms with Crippen LogP contribution in [0.5, 0.6) is 0 Å². The summed E-state index contributed by atoms with van der Waals surface area (Å²) in [7, 11) is 0. The minimum atomic E-state index is -0.481. The van der Waals surface area contributed by atoms with Crippen molar-refractivity contribution < 1.29 is 5.11 Å². The molecule has 0 radical (unpaired) electrons. The van der Waals surface area contributed by atoms with Crippen LogP contribution in [0.1, 0.15) is 38.4 Å². The van der Waals surface area contributed by atoms with Gasteiger partial charge in [0.1, 0.15) is 0 Å². The third-order valence-corrected chi connectivity index (χ3v) is 3.43. The van der Waals surface area contributed by atoms with E-state index in [1.165, 1.54) is 12.8 Å². The molecule has 18 heavy (non-hydrogen) atoms.